The maximum Gasteiger partial charge on any atom is 0.255 e. The number of nitrogens with zero attached hydrogens (tertiary/aromatic N) is 5. The lowest BCUT2D eigenvalue weighted by atomic mass is 10.2. The van der Waals surface area contributed by atoms with Crippen molar-refractivity contribution in [2.24, 2.45) is 0 Å². The first-order chi connectivity index (χ1) is 11.8. The number of aromatic nitrogens is 5. The predicted octanol–water partition coefficient (Wildman–Crippen LogP) is 2.46. The molecule has 1 N–H and O–H groups in total. The minimum Gasteiger partial charge on any atom is -0.321 e. The van der Waals surface area contributed by atoms with E-state index in [0.717, 1.165) is 16.6 Å². The van der Waals surface area contributed by atoms with Crippen molar-refractivity contribution in [2.45, 2.75) is 0 Å². The minimum absolute atomic E-state index is 0.199. The van der Waals surface area contributed by atoms with Gasteiger partial charge in [0.15, 0.2) is 0 Å². The minimum atomic E-state index is -0.199. The summed E-state index contributed by atoms with van der Waals surface area (Å²) in [6.07, 6.45) is 3.14. The van der Waals surface area contributed by atoms with Gasteiger partial charge in [-0.15, -0.1) is 5.10 Å². The van der Waals surface area contributed by atoms with Crippen LogP contribution in [0.4, 0.5) is 5.69 Å². The van der Waals surface area contributed by atoms with Crippen LogP contribution >= 0.6 is 0 Å². The fourth-order valence-electron chi connectivity index (χ4n) is 2.39. The van der Waals surface area contributed by atoms with Gasteiger partial charge in [-0.25, -0.2) is 4.68 Å². The number of pyridine rings is 1. The van der Waals surface area contributed by atoms with Gasteiger partial charge in [-0.05, 0) is 46.8 Å². The zero-order valence-corrected chi connectivity index (χ0v) is 12.5. The van der Waals surface area contributed by atoms with Crippen molar-refractivity contribution in [3.63, 3.8) is 0 Å². The van der Waals surface area contributed by atoms with Crippen LogP contribution in [0, 0.1) is 0 Å². The third-order valence-electron chi connectivity index (χ3n) is 3.59. The van der Waals surface area contributed by atoms with E-state index in [2.05, 4.69) is 25.8 Å². The largest absolute Gasteiger partial charge is 0.321 e. The Labute approximate surface area is 137 Å². The summed E-state index contributed by atoms with van der Waals surface area (Å²) < 4.78 is 1.52. The molecule has 1 amide bonds. The highest BCUT2D eigenvalue weighted by Gasteiger charge is 2.08. The molecule has 0 aliphatic heterocycles. The molecule has 2 aromatic heterocycles. The van der Waals surface area contributed by atoms with Gasteiger partial charge in [-0.3, -0.25) is 9.78 Å². The first kappa shape index (κ1) is 14.0. The first-order valence-electron chi connectivity index (χ1n) is 7.29. The molecule has 0 spiro atoms. The lowest BCUT2D eigenvalue weighted by Crippen LogP contribution is -2.12. The van der Waals surface area contributed by atoms with E-state index >= 15 is 0 Å². The molecule has 0 aliphatic rings. The molecular weight excluding hydrogens is 304 g/mol. The third-order valence-corrected chi connectivity index (χ3v) is 3.59. The van der Waals surface area contributed by atoms with Gasteiger partial charge in [0.2, 0.25) is 0 Å². The Bertz CT molecular complexity index is 995. The van der Waals surface area contributed by atoms with Crippen LogP contribution in [-0.2, 0) is 0 Å². The van der Waals surface area contributed by atoms with Crippen molar-refractivity contribution in [1.29, 1.82) is 0 Å². The van der Waals surface area contributed by atoms with Crippen LogP contribution in [-0.4, -0.2) is 31.1 Å². The number of benzene rings is 2. The van der Waals surface area contributed by atoms with Crippen LogP contribution in [0.2, 0.25) is 0 Å². The Morgan fingerprint density at radius 2 is 1.88 bits per heavy atom. The van der Waals surface area contributed by atoms with Gasteiger partial charge in [0.1, 0.15) is 6.33 Å². The van der Waals surface area contributed by atoms with Crippen LogP contribution in [0.5, 0.6) is 0 Å². The first-order valence-corrected chi connectivity index (χ1v) is 7.29. The van der Waals surface area contributed by atoms with Gasteiger partial charge in [0.25, 0.3) is 5.91 Å². The van der Waals surface area contributed by atoms with Gasteiger partial charge in [0, 0.05) is 10.9 Å². The number of carbonyl (C=O) groups is 1. The van der Waals surface area contributed by atoms with Crippen molar-refractivity contribution in [3.05, 3.63) is 72.7 Å². The summed E-state index contributed by atoms with van der Waals surface area (Å²) >= 11 is 0. The Morgan fingerprint density at radius 3 is 2.67 bits per heavy atom. The lowest BCUT2D eigenvalue weighted by molar-refractivity contribution is 0.102. The zero-order chi connectivity index (χ0) is 16.4. The molecule has 0 radical (unpaired) electrons. The molecule has 0 atom stereocenters. The highest BCUT2D eigenvalue weighted by molar-refractivity contribution is 6.05. The second-order valence-corrected chi connectivity index (χ2v) is 5.17. The number of tetrazole rings is 1. The summed E-state index contributed by atoms with van der Waals surface area (Å²) in [6, 6.07) is 16.7. The number of para-hydroxylation sites is 1. The molecule has 0 fully saturated rings. The summed E-state index contributed by atoms with van der Waals surface area (Å²) in [6.45, 7) is 0. The Kier molecular flexibility index (Phi) is 3.43. The molecule has 0 unspecified atom stereocenters. The molecule has 2 aromatic carbocycles. The topological polar surface area (TPSA) is 85.6 Å². The molecule has 2 heterocycles. The molecule has 0 saturated heterocycles. The van der Waals surface area contributed by atoms with Gasteiger partial charge in [-0.1, -0.05) is 18.2 Å². The molecule has 4 aromatic rings. The van der Waals surface area contributed by atoms with E-state index < -0.39 is 0 Å². The summed E-state index contributed by atoms with van der Waals surface area (Å²) in [5.74, 6) is -0.199. The molecule has 7 nitrogen and oxygen atoms in total. The van der Waals surface area contributed by atoms with E-state index in [4.69, 9.17) is 0 Å². The van der Waals surface area contributed by atoms with Crippen LogP contribution in [0.1, 0.15) is 10.4 Å². The lowest BCUT2D eigenvalue weighted by Gasteiger charge is -2.07. The number of anilines is 1. The van der Waals surface area contributed by atoms with Gasteiger partial charge in [0.05, 0.1) is 23.1 Å². The summed E-state index contributed by atoms with van der Waals surface area (Å²) in [7, 11) is 0. The predicted molar refractivity (Wildman–Crippen MR) is 88.9 cm³/mol. The fraction of sp³-hybridized carbons (Fsp3) is 0. The average molecular weight is 316 g/mol. The van der Waals surface area contributed by atoms with Crippen LogP contribution in [0.15, 0.2) is 67.1 Å². The van der Waals surface area contributed by atoms with E-state index in [1.54, 1.807) is 30.5 Å². The van der Waals surface area contributed by atoms with E-state index in [-0.39, 0.29) is 5.91 Å². The van der Waals surface area contributed by atoms with Crippen LogP contribution in [0.3, 0.4) is 0 Å². The monoisotopic (exact) mass is 316 g/mol. The molecule has 116 valence electrons. The number of fused-ring (bicyclic) bond motifs is 1. The maximum atomic E-state index is 12.4. The standard InChI is InChI=1S/C17H12N6O/c24-17(12-5-7-15(8-6-12)23-11-19-21-22-23)20-14-9-13-3-1-2-4-16(13)18-10-14/h1-11H,(H,20,24). The van der Waals surface area contributed by atoms with Gasteiger partial charge >= 0.3 is 0 Å². The maximum absolute atomic E-state index is 12.4. The van der Waals surface area contributed by atoms with Gasteiger partial charge in [-0.2, -0.15) is 0 Å². The second kappa shape index (κ2) is 5.88. The highest BCUT2D eigenvalue weighted by atomic mass is 16.1. The number of nitrogens with one attached hydrogen (secondary N) is 1. The van der Waals surface area contributed by atoms with Crippen molar-refractivity contribution in [2.75, 3.05) is 5.32 Å². The number of hydrogen-bond donors (Lipinski definition) is 1. The van der Waals surface area contributed by atoms with E-state index in [9.17, 15) is 4.79 Å². The smallest absolute Gasteiger partial charge is 0.255 e. The van der Waals surface area contributed by atoms with Gasteiger partial charge < -0.3 is 5.32 Å². The van der Waals surface area contributed by atoms with Crippen molar-refractivity contribution in [1.82, 2.24) is 25.2 Å². The molecule has 0 aliphatic carbocycles. The Morgan fingerprint density at radius 1 is 1.04 bits per heavy atom. The molecule has 4 rings (SSSR count). The average Bonchev–Trinajstić information content (AvgIpc) is 3.16. The van der Waals surface area contributed by atoms with Crippen LogP contribution < -0.4 is 5.32 Å². The molecule has 0 saturated carbocycles. The quantitative estimate of drug-likeness (QED) is 0.627. The van der Waals surface area contributed by atoms with Crippen molar-refractivity contribution in [3.8, 4) is 5.69 Å². The molecule has 24 heavy (non-hydrogen) atoms. The van der Waals surface area contributed by atoms with E-state index in [0.29, 0.717) is 11.3 Å². The van der Waals surface area contributed by atoms with Crippen molar-refractivity contribution < 1.29 is 4.79 Å². The fourth-order valence-corrected chi connectivity index (χ4v) is 2.39. The van der Waals surface area contributed by atoms with Crippen molar-refractivity contribution >= 4 is 22.5 Å². The SMILES string of the molecule is O=C(Nc1cnc2ccccc2c1)c1ccc(-n2cnnn2)cc1. The summed E-state index contributed by atoms with van der Waals surface area (Å²) in [5.41, 5.74) is 2.87. The molecule has 7 heteroatoms. The number of amides is 1. The zero-order valence-electron chi connectivity index (χ0n) is 12.5. The van der Waals surface area contributed by atoms with E-state index in [1.165, 1.54) is 11.0 Å². The number of carbonyl (C=O) groups excluding carboxylic acids is 1. The highest BCUT2D eigenvalue weighted by Crippen LogP contribution is 2.17. The summed E-state index contributed by atoms with van der Waals surface area (Å²) in [5, 5.41) is 14.8. The van der Waals surface area contributed by atoms with Crippen LogP contribution in [0.25, 0.3) is 16.6 Å². The second-order valence-electron chi connectivity index (χ2n) is 5.17. The molecular formula is C17H12N6O. The number of rotatable bonds is 3. The third kappa shape index (κ3) is 2.70. The number of hydrogen-bond acceptors (Lipinski definition) is 5. The normalized spacial score (nSPS) is 10.7. The Balaban J connectivity index is 1.54. The Hall–Kier alpha value is -3.61. The molecule has 0 bridgehead atoms. The summed E-state index contributed by atoms with van der Waals surface area (Å²) in [4.78, 5) is 16.7. The van der Waals surface area contributed by atoms with E-state index in [1.807, 2.05) is 30.3 Å².